The number of nitrogens with zero attached hydrogens (tertiary/aromatic N) is 1. The van der Waals surface area contributed by atoms with Gasteiger partial charge in [0.1, 0.15) is 0 Å². The predicted octanol–water partition coefficient (Wildman–Crippen LogP) is 2.75. The van der Waals surface area contributed by atoms with Crippen molar-refractivity contribution in [3.05, 3.63) is 29.8 Å². The number of nitrogens with one attached hydrogen (secondary N) is 2. The Balaban J connectivity index is 1.53. The topological polar surface area (TPSA) is 53.6 Å². The number of hydrogen-bond acceptors (Lipinski definition) is 3. The smallest absolute Gasteiger partial charge is 0.319 e. The van der Waals surface area contributed by atoms with Gasteiger partial charge in [-0.15, -0.1) is 0 Å². The van der Waals surface area contributed by atoms with Crippen molar-refractivity contribution in [1.82, 2.24) is 10.2 Å². The molecule has 2 N–H and O–H groups in total. The number of ether oxygens (including phenoxy) is 1. The van der Waals surface area contributed by atoms with Crippen LogP contribution in [0.5, 0.6) is 0 Å². The van der Waals surface area contributed by atoms with Crippen LogP contribution in [0, 0.1) is 0 Å². The summed E-state index contributed by atoms with van der Waals surface area (Å²) in [5, 5.41) is 5.94. The molecule has 1 atom stereocenters. The van der Waals surface area contributed by atoms with Gasteiger partial charge in [0, 0.05) is 24.8 Å². The molecule has 1 aromatic carbocycles. The summed E-state index contributed by atoms with van der Waals surface area (Å²) in [5.41, 5.74) is 1.98. The molecule has 1 aliphatic heterocycles. The largest absolute Gasteiger partial charge is 0.371 e. The number of anilines is 1. The summed E-state index contributed by atoms with van der Waals surface area (Å²) < 4.78 is 5.80. The second-order valence-electron chi connectivity index (χ2n) is 6.32. The van der Waals surface area contributed by atoms with Gasteiger partial charge in [-0.05, 0) is 37.6 Å². The summed E-state index contributed by atoms with van der Waals surface area (Å²) in [6, 6.07) is 8.20. The monoisotopic (exact) mass is 303 g/mol. The van der Waals surface area contributed by atoms with Crippen molar-refractivity contribution in [2.45, 2.75) is 37.8 Å². The third-order valence-electron chi connectivity index (χ3n) is 4.50. The number of rotatable bonds is 3. The summed E-state index contributed by atoms with van der Waals surface area (Å²) >= 11 is 0. The van der Waals surface area contributed by atoms with Crippen molar-refractivity contribution in [3.8, 4) is 0 Å². The molecule has 2 amide bonds. The number of morpholine rings is 1. The minimum absolute atomic E-state index is 0.103. The average Bonchev–Trinajstić information content (AvgIpc) is 3.01. The van der Waals surface area contributed by atoms with Gasteiger partial charge in [0.25, 0.3) is 0 Å². The summed E-state index contributed by atoms with van der Waals surface area (Å²) in [5.74, 6) is 0. The molecule has 1 aliphatic carbocycles. The molecule has 0 spiro atoms. The fourth-order valence-electron chi connectivity index (χ4n) is 3.18. The van der Waals surface area contributed by atoms with E-state index in [0.29, 0.717) is 6.04 Å². The van der Waals surface area contributed by atoms with Crippen molar-refractivity contribution in [2.75, 3.05) is 32.1 Å². The highest BCUT2D eigenvalue weighted by atomic mass is 16.5. The quantitative estimate of drug-likeness (QED) is 0.903. The average molecular weight is 303 g/mol. The number of carbonyl (C=O) groups excluding carboxylic acids is 1. The second-order valence-corrected chi connectivity index (χ2v) is 6.32. The Kier molecular flexibility index (Phi) is 4.95. The molecule has 2 aliphatic rings. The van der Waals surface area contributed by atoms with Gasteiger partial charge >= 0.3 is 6.03 Å². The van der Waals surface area contributed by atoms with Crippen molar-refractivity contribution in [3.63, 3.8) is 0 Å². The molecule has 0 aromatic heterocycles. The summed E-state index contributed by atoms with van der Waals surface area (Å²) in [7, 11) is 2.11. The maximum absolute atomic E-state index is 11.9. The standard InChI is InChI=1S/C17H25N3O2/c1-20-10-11-22-16(12-20)13-6-8-15(9-7-13)19-17(21)18-14-4-2-3-5-14/h6-9,14,16H,2-5,10-12H2,1H3,(H2,18,19,21). The zero-order valence-corrected chi connectivity index (χ0v) is 13.2. The lowest BCUT2D eigenvalue weighted by molar-refractivity contribution is -0.0208. The maximum atomic E-state index is 11.9. The van der Waals surface area contributed by atoms with E-state index in [1.807, 2.05) is 24.3 Å². The molecule has 1 saturated heterocycles. The highest BCUT2D eigenvalue weighted by Crippen LogP contribution is 2.23. The lowest BCUT2D eigenvalue weighted by Crippen LogP contribution is -2.36. The molecular weight excluding hydrogens is 278 g/mol. The molecule has 5 nitrogen and oxygen atoms in total. The van der Waals surface area contributed by atoms with E-state index in [2.05, 4.69) is 22.6 Å². The van der Waals surface area contributed by atoms with Crippen LogP contribution in [0.2, 0.25) is 0 Å². The minimum atomic E-state index is -0.103. The van der Waals surface area contributed by atoms with Crippen LogP contribution in [0.4, 0.5) is 10.5 Å². The van der Waals surface area contributed by atoms with Gasteiger partial charge in [-0.3, -0.25) is 0 Å². The van der Waals surface area contributed by atoms with E-state index in [1.54, 1.807) is 0 Å². The van der Waals surface area contributed by atoms with Gasteiger partial charge in [0.05, 0.1) is 12.7 Å². The Labute approximate surface area is 132 Å². The van der Waals surface area contributed by atoms with E-state index in [0.717, 1.165) is 43.8 Å². The van der Waals surface area contributed by atoms with E-state index in [9.17, 15) is 4.79 Å². The molecular formula is C17H25N3O2. The van der Waals surface area contributed by atoms with Crippen LogP contribution >= 0.6 is 0 Å². The van der Waals surface area contributed by atoms with Crippen LogP contribution in [-0.2, 0) is 4.74 Å². The Bertz CT molecular complexity index is 497. The van der Waals surface area contributed by atoms with Crippen LogP contribution in [0.25, 0.3) is 0 Å². The van der Waals surface area contributed by atoms with Gasteiger partial charge in [0.2, 0.25) is 0 Å². The normalized spacial score (nSPS) is 23.4. The summed E-state index contributed by atoms with van der Waals surface area (Å²) in [4.78, 5) is 14.2. The molecule has 0 bridgehead atoms. The van der Waals surface area contributed by atoms with Gasteiger partial charge in [0.15, 0.2) is 0 Å². The van der Waals surface area contributed by atoms with Gasteiger partial charge in [-0.25, -0.2) is 4.79 Å². The van der Waals surface area contributed by atoms with E-state index < -0.39 is 0 Å². The number of carbonyl (C=O) groups is 1. The second kappa shape index (κ2) is 7.11. The number of benzene rings is 1. The van der Waals surface area contributed by atoms with Crippen LogP contribution in [-0.4, -0.2) is 43.7 Å². The third kappa shape index (κ3) is 3.99. The molecule has 1 aromatic rings. The van der Waals surface area contributed by atoms with Crippen LogP contribution in [0.15, 0.2) is 24.3 Å². The van der Waals surface area contributed by atoms with Crippen molar-refractivity contribution < 1.29 is 9.53 Å². The number of likely N-dealkylation sites (N-methyl/N-ethyl adjacent to an activating group) is 1. The highest BCUT2D eigenvalue weighted by molar-refractivity contribution is 5.89. The first-order chi connectivity index (χ1) is 10.7. The Morgan fingerprint density at radius 1 is 1.23 bits per heavy atom. The Hall–Kier alpha value is -1.59. The first-order valence-corrected chi connectivity index (χ1v) is 8.18. The number of urea groups is 1. The zero-order valence-electron chi connectivity index (χ0n) is 13.2. The summed E-state index contributed by atoms with van der Waals surface area (Å²) in [6.07, 6.45) is 4.75. The number of amides is 2. The van der Waals surface area contributed by atoms with Crippen LogP contribution in [0.1, 0.15) is 37.4 Å². The zero-order chi connectivity index (χ0) is 15.4. The van der Waals surface area contributed by atoms with Gasteiger partial charge in [-0.2, -0.15) is 0 Å². The first-order valence-electron chi connectivity index (χ1n) is 8.18. The molecule has 0 radical (unpaired) electrons. The molecule has 120 valence electrons. The Morgan fingerprint density at radius 3 is 2.64 bits per heavy atom. The van der Waals surface area contributed by atoms with Gasteiger partial charge < -0.3 is 20.3 Å². The fraction of sp³-hybridized carbons (Fsp3) is 0.588. The van der Waals surface area contributed by atoms with Crippen molar-refractivity contribution in [1.29, 1.82) is 0 Å². The molecule has 1 unspecified atom stereocenters. The lowest BCUT2D eigenvalue weighted by Gasteiger charge is -2.30. The van der Waals surface area contributed by atoms with Crippen molar-refractivity contribution in [2.24, 2.45) is 0 Å². The van der Waals surface area contributed by atoms with Crippen LogP contribution < -0.4 is 10.6 Å². The molecule has 5 heteroatoms. The summed E-state index contributed by atoms with van der Waals surface area (Å²) in [6.45, 7) is 2.66. The minimum Gasteiger partial charge on any atom is -0.371 e. The molecule has 3 rings (SSSR count). The predicted molar refractivity (Wildman–Crippen MR) is 87.0 cm³/mol. The number of hydrogen-bond donors (Lipinski definition) is 2. The van der Waals surface area contributed by atoms with Crippen LogP contribution in [0.3, 0.4) is 0 Å². The third-order valence-corrected chi connectivity index (χ3v) is 4.50. The van der Waals surface area contributed by atoms with Crippen molar-refractivity contribution >= 4 is 11.7 Å². The maximum Gasteiger partial charge on any atom is 0.319 e. The van der Waals surface area contributed by atoms with E-state index in [-0.39, 0.29) is 12.1 Å². The molecule has 22 heavy (non-hydrogen) atoms. The lowest BCUT2D eigenvalue weighted by atomic mass is 10.1. The first kappa shape index (κ1) is 15.3. The van der Waals surface area contributed by atoms with E-state index in [1.165, 1.54) is 12.8 Å². The SMILES string of the molecule is CN1CCOC(c2ccc(NC(=O)NC3CCCC3)cc2)C1. The fourth-order valence-corrected chi connectivity index (χ4v) is 3.18. The Morgan fingerprint density at radius 2 is 1.95 bits per heavy atom. The van der Waals surface area contributed by atoms with E-state index in [4.69, 9.17) is 4.74 Å². The van der Waals surface area contributed by atoms with E-state index >= 15 is 0 Å². The molecule has 1 saturated carbocycles. The molecule has 2 fully saturated rings. The highest BCUT2D eigenvalue weighted by Gasteiger charge is 2.20. The van der Waals surface area contributed by atoms with Gasteiger partial charge in [-0.1, -0.05) is 25.0 Å². The molecule has 1 heterocycles.